The summed E-state index contributed by atoms with van der Waals surface area (Å²) in [6.45, 7) is 3.54. The summed E-state index contributed by atoms with van der Waals surface area (Å²) in [5.74, 6) is -2.91. The maximum atomic E-state index is 14.0. The first-order chi connectivity index (χ1) is 20.3. The Bertz CT molecular complexity index is 1610. The van der Waals surface area contributed by atoms with Crippen molar-refractivity contribution in [3.05, 3.63) is 79.2 Å². The first-order valence-corrected chi connectivity index (χ1v) is 15.5. The van der Waals surface area contributed by atoms with Crippen LogP contribution in [0.3, 0.4) is 0 Å². The molecule has 6 rings (SSSR count). The second kappa shape index (κ2) is 11.7. The number of esters is 1. The molecule has 13 heteroatoms. The highest BCUT2D eigenvalue weighted by molar-refractivity contribution is 8.00. The van der Waals surface area contributed by atoms with Gasteiger partial charge in [0.05, 0.1) is 42.0 Å². The van der Waals surface area contributed by atoms with Gasteiger partial charge in [0.1, 0.15) is 11.8 Å². The summed E-state index contributed by atoms with van der Waals surface area (Å²) in [4.78, 5) is 69.6. The molecule has 3 aliphatic heterocycles. The number of halogens is 1. The minimum atomic E-state index is -0.825. The van der Waals surface area contributed by atoms with E-state index in [1.54, 1.807) is 48.2 Å². The topological polar surface area (TPSA) is 115 Å². The number of thiazole rings is 1. The molecule has 2 saturated heterocycles. The molecule has 3 amide bonds. The number of rotatable bonds is 6. The van der Waals surface area contributed by atoms with E-state index in [1.165, 1.54) is 16.7 Å². The van der Waals surface area contributed by atoms with Crippen molar-refractivity contribution in [2.75, 3.05) is 37.8 Å². The number of carbonyl (C=O) groups is 4. The zero-order chi connectivity index (χ0) is 29.5. The van der Waals surface area contributed by atoms with Crippen LogP contribution in [0.2, 0.25) is 5.02 Å². The Morgan fingerprint density at radius 2 is 1.69 bits per heavy atom. The van der Waals surface area contributed by atoms with Crippen molar-refractivity contribution >= 4 is 64.1 Å². The molecule has 0 radical (unpaired) electrons. The van der Waals surface area contributed by atoms with Gasteiger partial charge in [0.15, 0.2) is 0 Å². The molecule has 1 aromatic heterocycles. The lowest BCUT2D eigenvalue weighted by Crippen LogP contribution is -2.43. The van der Waals surface area contributed by atoms with E-state index in [4.69, 9.17) is 21.1 Å². The molecule has 0 bridgehead atoms. The summed E-state index contributed by atoms with van der Waals surface area (Å²) >= 11 is 8.32. The van der Waals surface area contributed by atoms with Crippen LogP contribution < -0.4 is 9.77 Å². The molecule has 0 saturated carbocycles. The van der Waals surface area contributed by atoms with Gasteiger partial charge >= 0.3 is 10.8 Å². The van der Waals surface area contributed by atoms with Crippen molar-refractivity contribution in [2.24, 2.45) is 5.92 Å². The number of hydrogen-bond acceptors (Lipinski definition) is 9. The predicted molar refractivity (Wildman–Crippen MR) is 157 cm³/mol. The predicted octanol–water partition coefficient (Wildman–Crippen LogP) is 3.39. The standard InChI is InChI=1S/C29H26ClN3O7S2/c1-2-40-28(37)17-5-9-19(10-6-17)33-25(35)22-21(16-3-7-18(30)8-4-16)24-27(41-23(22)26(33)36)32(29(38)42-24)15-20(34)31-11-13-39-14-12-31/h3-10,21-23H,2,11-15H2,1H3/t21-,22+,23-/m0/s1. The van der Waals surface area contributed by atoms with Crippen molar-refractivity contribution in [3.8, 4) is 0 Å². The molecule has 0 spiro atoms. The molecule has 0 aliphatic carbocycles. The number of imide groups is 1. The van der Waals surface area contributed by atoms with Crippen molar-refractivity contribution in [1.29, 1.82) is 0 Å². The first kappa shape index (κ1) is 28.7. The maximum Gasteiger partial charge on any atom is 0.338 e. The zero-order valence-corrected chi connectivity index (χ0v) is 24.9. The van der Waals surface area contributed by atoms with Crippen LogP contribution in [0, 0.1) is 5.92 Å². The highest BCUT2D eigenvalue weighted by Gasteiger charge is 2.56. The van der Waals surface area contributed by atoms with Crippen LogP contribution in [0.4, 0.5) is 5.69 Å². The van der Waals surface area contributed by atoms with E-state index >= 15 is 0 Å². The molecule has 3 aromatic rings. The van der Waals surface area contributed by atoms with E-state index in [9.17, 15) is 24.0 Å². The van der Waals surface area contributed by atoms with Gasteiger partial charge in [0.2, 0.25) is 17.7 Å². The van der Waals surface area contributed by atoms with Crippen molar-refractivity contribution in [1.82, 2.24) is 9.47 Å². The largest absolute Gasteiger partial charge is 0.462 e. The molecule has 10 nitrogen and oxygen atoms in total. The highest BCUT2D eigenvalue weighted by Crippen LogP contribution is 2.54. The van der Waals surface area contributed by atoms with Crippen LogP contribution in [-0.4, -0.2) is 71.3 Å². The number of morpholine rings is 1. The lowest BCUT2D eigenvalue weighted by atomic mass is 9.83. The van der Waals surface area contributed by atoms with Gasteiger partial charge in [-0.1, -0.05) is 46.8 Å². The average molecular weight is 628 g/mol. The number of thioether (sulfide) groups is 1. The minimum Gasteiger partial charge on any atom is -0.462 e. The molecular formula is C29H26ClN3O7S2. The Kier molecular flexibility index (Phi) is 7.97. The van der Waals surface area contributed by atoms with E-state index < -0.39 is 34.9 Å². The molecule has 218 valence electrons. The van der Waals surface area contributed by atoms with E-state index in [1.807, 2.05) is 0 Å². The fourth-order valence-corrected chi connectivity index (χ4v) is 8.45. The molecule has 42 heavy (non-hydrogen) atoms. The number of benzene rings is 2. The quantitative estimate of drug-likeness (QED) is 0.302. The van der Waals surface area contributed by atoms with Crippen molar-refractivity contribution in [3.63, 3.8) is 0 Å². The lowest BCUT2D eigenvalue weighted by Gasteiger charge is -2.31. The zero-order valence-electron chi connectivity index (χ0n) is 22.5. The Hall–Kier alpha value is -3.45. The molecule has 2 aromatic carbocycles. The molecule has 0 unspecified atom stereocenters. The van der Waals surface area contributed by atoms with Crippen LogP contribution in [0.5, 0.6) is 0 Å². The van der Waals surface area contributed by atoms with Gasteiger partial charge in [0.25, 0.3) is 0 Å². The third-order valence-corrected chi connectivity index (χ3v) is 10.4. The number of hydrogen-bond donors (Lipinski definition) is 0. The second-order valence-corrected chi connectivity index (χ2v) is 12.5. The average Bonchev–Trinajstić information content (AvgIpc) is 3.44. The number of anilines is 1. The third kappa shape index (κ3) is 5.06. The number of carbonyl (C=O) groups excluding carboxylic acids is 4. The summed E-state index contributed by atoms with van der Waals surface area (Å²) in [6.07, 6.45) is 0. The van der Waals surface area contributed by atoms with Gasteiger partial charge in [0, 0.05) is 28.9 Å². The molecular weight excluding hydrogens is 602 g/mol. The van der Waals surface area contributed by atoms with Crippen LogP contribution >= 0.6 is 34.7 Å². The van der Waals surface area contributed by atoms with Crippen LogP contribution in [-0.2, 0) is 30.4 Å². The molecule has 0 N–H and O–H groups in total. The number of ether oxygens (including phenoxy) is 2. The smallest absolute Gasteiger partial charge is 0.338 e. The third-order valence-electron chi connectivity index (χ3n) is 7.57. The number of fused-ring (bicyclic) bond motifs is 2. The van der Waals surface area contributed by atoms with Gasteiger partial charge < -0.3 is 14.4 Å². The Labute approximate surface area is 254 Å². The van der Waals surface area contributed by atoms with Gasteiger partial charge in [-0.15, -0.1) is 0 Å². The second-order valence-electron chi connectivity index (χ2n) is 9.99. The van der Waals surface area contributed by atoms with Gasteiger partial charge in [-0.25, -0.2) is 9.69 Å². The lowest BCUT2D eigenvalue weighted by molar-refractivity contribution is -0.136. The number of amides is 3. The summed E-state index contributed by atoms with van der Waals surface area (Å²) in [5.41, 5.74) is 1.39. The molecule has 4 heterocycles. The van der Waals surface area contributed by atoms with E-state index in [0.29, 0.717) is 52.5 Å². The first-order valence-electron chi connectivity index (χ1n) is 13.4. The van der Waals surface area contributed by atoms with Crippen LogP contribution in [0.25, 0.3) is 0 Å². The summed E-state index contributed by atoms with van der Waals surface area (Å²) in [7, 11) is 0. The molecule has 3 atom stereocenters. The summed E-state index contributed by atoms with van der Waals surface area (Å²) < 4.78 is 11.8. The van der Waals surface area contributed by atoms with Crippen LogP contribution in [0.15, 0.2) is 58.4 Å². The molecule has 3 aliphatic rings. The van der Waals surface area contributed by atoms with Gasteiger partial charge in [-0.05, 0) is 48.9 Å². The fraction of sp³-hybridized carbons (Fsp3) is 0.345. The maximum absolute atomic E-state index is 14.0. The van der Waals surface area contributed by atoms with Crippen LogP contribution in [0.1, 0.15) is 33.6 Å². The summed E-state index contributed by atoms with van der Waals surface area (Å²) in [5, 5.41) is 0.210. The Morgan fingerprint density at radius 3 is 2.36 bits per heavy atom. The Morgan fingerprint density at radius 1 is 1.00 bits per heavy atom. The normalized spacial score (nSPS) is 21.7. The highest BCUT2D eigenvalue weighted by atomic mass is 35.5. The Balaban J connectivity index is 1.38. The number of nitrogens with zero attached hydrogens (tertiary/aromatic N) is 3. The van der Waals surface area contributed by atoms with Crippen molar-refractivity contribution in [2.45, 2.75) is 29.7 Å². The van der Waals surface area contributed by atoms with Gasteiger partial charge in [-0.3, -0.25) is 23.7 Å². The monoisotopic (exact) mass is 627 g/mol. The number of aromatic nitrogens is 1. The van der Waals surface area contributed by atoms with Crippen molar-refractivity contribution < 1.29 is 28.7 Å². The van der Waals surface area contributed by atoms with E-state index in [-0.39, 0.29) is 23.9 Å². The minimum absolute atomic E-state index is 0.163. The van der Waals surface area contributed by atoms with Gasteiger partial charge in [-0.2, -0.15) is 0 Å². The summed E-state index contributed by atoms with van der Waals surface area (Å²) in [6, 6.07) is 13.2. The van der Waals surface area contributed by atoms with E-state index in [2.05, 4.69) is 0 Å². The fourth-order valence-electron chi connectivity index (χ4n) is 5.55. The molecule has 2 fully saturated rings. The van der Waals surface area contributed by atoms with E-state index in [0.717, 1.165) is 33.6 Å². The SMILES string of the molecule is CCOC(=O)c1ccc(N2C(=O)[C@@H]3[C@H](c4ccc(Cl)cc4)c4sc(=O)n(CC(=O)N5CCOCC5)c4S[C@@H]3C2=O)cc1.